The molecular formula is C14H14N4O3. The first-order valence-electron chi connectivity index (χ1n) is 6.29. The number of primary amides is 1. The summed E-state index contributed by atoms with van der Waals surface area (Å²) in [4.78, 5) is 25.1. The van der Waals surface area contributed by atoms with Gasteiger partial charge in [0, 0.05) is 24.9 Å². The number of hydrogen-bond donors (Lipinski definition) is 2. The topological polar surface area (TPSA) is 111 Å². The minimum absolute atomic E-state index is 0.0791. The summed E-state index contributed by atoms with van der Waals surface area (Å²) in [5, 5.41) is 13.6. The summed E-state index contributed by atoms with van der Waals surface area (Å²) in [6.07, 6.45) is 2.12. The van der Waals surface area contributed by atoms with Gasteiger partial charge in [0.25, 0.3) is 5.69 Å². The van der Waals surface area contributed by atoms with E-state index >= 15 is 0 Å². The molecule has 0 unspecified atom stereocenters. The van der Waals surface area contributed by atoms with E-state index in [2.05, 4.69) is 10.3 Å². The van der Waals surface area contributed by atoms with Gasteiger partial charge in [0.15, 0.2) is 0 Å². The average Bonchev–Trinajstić information content (AvgIpc) is 2.48. The van der Waals surface area contributed by atoms with Crippen molar-refractivity contribution in [2.45, 2.75) is 6.42 Å². The molecule has 0 atom stereocenters. The van der Waals surface area contributed by atoms with Crippen LogP contribution in [0.15, 0.2) is 42.6 Å². The molecule has 0 bridgehead atoms. The van der Waals surface area contributed by atoms with Gasteiger partial charge in [-0.25, -0.2) is 4.98 Å². The molecule has 1 amide bonds. The van der Waals surface area contributed by atoms with Crippen molar-refractivity contribution in [3.8, 4) is 0 Å². The van der Waals surface area contributed by atoms with E-state index in [9.17, 15) is 14.9 Å². The molecule has 0 aliphatic carbocycles. The summed E-state index contributed by atoms with van der Waals surface area (Å²) in [5.41, 5.74) is 6.55. The van der Waals surface area contributed by atoms with E-state index in [0.717, 1.165) is 5.56 Å². The second-order valence-electron chi connectivity index (χ2n) is 4.40. The Morgan fingerprint density at radius 2 is 1.95 bits per heavy atom. The molecule has 1 aromatic carbocycles. The quantitative estimate of drug-likeness (QED) is 0.620. The van der Waals surface area contributed by atoms with Crippen molar-refractivity contribution in [1.29, 1.82) is 0 Å². The highest BCUT2D eigenvalue weighted by Gasteiger charge is 2.04. The predicted molar refractivity (Wildman–Crippen MR) is 78.0 cm³/mol. The van der Waals surface area contributed by atoms with Crippen LogP contribution in [0.1, 0.15) is 15.9 Å². The maximum absolute atomic E-state index is 10.9. The summed E-state index contributed by atoms with van der Waals surface area (Å²) < 4.78 is 0. The van der Waals surface area contributed by atoms with Gasteiger partial charge in [-0.2, -0.15) is 0 Å². The van der Waals surface area contributed by atoms with Gasteiger partial charge in [-0.05, 0) is 24.1 Å². The first kappa shape index (κ1) is 14.4. The molecule has 7 heteroatoms. The zero-order valence-electron chi connectivity index (χ0n) is 11.2. The minimum atomic E-state index is -0.514. The van der Waals surface area contributed by atoms with Crippen LogP contribution in [0, 0.1) is 10.1 Å². The van der Waals surface area contributed by atoms with E-state index in [4.69, 9.17) is 5.73 Å². The van der Waals surface area contributed by atoms with Crippen LogP contribution in [0.3, 0.4) is 0 Å². The molecule has 0 saturated heterocycles. The first-order chi connectivity index (χ1) is 10.1. The van der Waals surface area contributed by atoms with Crippen LogP contribution in [0.2, 0.25) is 0 Å². The lowest BCUT2D eigenvalue weighted by Gasteiger charge is -2.06. The number of nitrogens with one attached hydrogen (secondary N) is 1. The number of aromatic nitrogens is 1. The number of nitrogens with zero attached hydrogens (tertiary/aromatic N) is 2. The fourth-order valence-corrected chi connectivity index (χ4v) is 1.76. The van der Waals surface area contributed by atoms with Gasteiger partial charge in [0.2, 0.25) is 5.91 Å². The molecule has 0 aliphatic rings. The third-order valence-electron chi connectivity index (χ3n) is 2.91. The van der Waals surface area contributed by atoms with Crippen LogP contribution < -0.4 is 11.1 Å². The number of amides is 1. The summed E-state index contributed by atoms with van der Waals surface area (Å²) in [6.45, 7) is 0.626. The normalized spacial score (nSPS) is 10.1. The molecule has 0 radical (unpaired) electrons. The van der Waals surface area contributed by atoms with Crippen LogP contribution in [0.5, 0.6) is 0 Å². The number of nitro benzene ring substituents is 1. The number of nitrogens with two attached hydrogens (primary N) is 1. The molecule has 0 saturated carbocycles. The average molecular weight is 286 g/mol. The number of benzene rings is 1. The van der Waals surface area contributed by atoms with Gasteiger partial charge >= 0.3 is 0 Å². The van der Waals surface area contributed by atoms with Crippen LogP contribution >= 0.6 is 0 Å². The van der Waals surface area contributed by atoms with Gasteiger partial charge in [0.05, 0.1) is 10.5 Å². The van der Waals surface area contributed by atoms with Crippen LogP contribution in [-0.2, 0) is 6.42 Å². The molecule has 0 spiro atoms. The van der Waals surface area contributed by atoms with Crippen molar-refractivity contribution in [2.75, 3.05) is 11.9 Å². The van der Waals surface area contributed by atoms with E-state index in [1.165, 1.54) is 18.3 Å². The van der Waals surface area contributed by atoms with Gasteiger partial charge in [0.1, 0.15) is 5.82 Å². The number of anilines is 1. The second-order valence-corrected chi connectivity index (χ2v) is 4.40. The number of nitro groups is 1. The Balaban J connectivity index is 1.86. The lowest BCUT2D eigenvalue weighted by Crippen LogP contribution is -2.12. The van der Waals surface area contributed by atoms with E-state index in [0.29, 0.717) is 24.3 Å². The van der Waals surface area contributed by atoms with E-state index in [1.54, 1.807) is 24.3 Å². The van der Waals surface area contributed by atoms with Crippen molar-refractivity contribution in [3.05, 3.63) is 63.8 Å². The number of carbonyl (C=O) groups excluding carboxylic acids is 1. The van der Waals surface area contributed by atoms with Crippen molar-refractivity contribution in [3.63, 3.8) is 0 Å². The van der Waals surface area contributed by atoms with Gasteiger partial charge in [-0.15, -0.1) is 0 Å². The molecule has 0 aliphatic heterocycles. The Bertz CT molecular complexity index is 581. The Morgan fingerprint density at radius 1 is 1.24 bits per heavy atom. The molecule has 108 valence electrons. The number of rotatable bonds is 6. The number of carbonyl (C=O) groups is 1. The molecule has 7 nitrogen and oxygen atoms in total. The van der Waals surface area contributed by atoms with Crippen LogP contribution in [0.25, 0.3) is 0 Å². The highest BCUT2D eigenvalue weighted by molar-refractivity contribution is 5.92. The second kappa shape index (κ2) is 6.47. The van der Waals surface area contributed by atoms with E-state index in [1.807, 2.05) is 0 Å². The maximum Gasteiger partial charge on any atom is 0.269 e. The molecule has 2 rings (SSSR count). The Labute approximate surface area is 121 Å². The molecule has 1 heterocycles. The Morgan fingerprint density at radius 3 is 2.48 bits per heavy atom. The van der Waals surface area contributed by atoms with Crippen molar-refractivity contribution < 1.29 is 9.72 Å². The maximum atomic E-state index is 10.9. The summed E-state index contributed by atoms with van der Waals surface area (Å²) in [6, 6.07) is 9.69. The van der Waals surface area contributed by atoms with E-state index in [-0.39, 0.29) is 5.69 Å². The number of pyridine rings is 1. The van der Waals surface area contributed by atoms with Crippen LogP contribution in [-0.4, -0.2) is 22.4 Å². The first-order valence-corrected chi connectivity index (χ1v) is 6.29. The van der Waals surface area contributed by atoms with E-state index < -0.39 is 10.8 Å². The lowest BCUT2D eigenvalue weighted by molar-refractivity contribution is -0.384. The molecule has 0 fully saturated rings. The fraction of sp³-hybridized carbons (Fsp3) is 0.143. The standard InChI is InChI=1S/C14H14N4O3/c15-14(19)11-3-6-13(17-9-11)16-8-7-10-1-4-12(5-2-10)18(20)21/h1-6,9H,7-8H2,(H2,15,19)(H,16,17). The monoisotopic (exact) mass is 286 g/mol. The molecule has 1 aromatic heterocycles. The predicted octanol–water partition coefficient (Wildman–Crippen LogP) is 1.74. The molecule has 3 N–H and O–H groups in total. The summed E-state index contributed by atoms with van der Waals surface area (Å²) in [7, 11) is 0. The summed E-state index contributed by atoms with van der Waals surface area (Å²) >= 11 is 0. The SMILES string of the molecule is NC(=O)c1ccc(NCCc2ccc([N+](=O)[O-])cc2)nc1. The fourth-order valence-electron chi connectivity index (χ4n) is 1.76. The zero-order chi connectivity index (χ0) is 15.2. The van der Waals surface area contributed by atoms with Crippen molar-refractivity contribution >= 4 is 17.4 Å². The molecule has 2 aromatic rings. The minimum Gasteiger partial charge on any atom is -0.370 e. The van der Waals surface area contributed by atoms with Crippen molar-refractivity contribution in [1.82, 2.24) is 4.98 Å². The molecular weight excluding hydrogens is 272 g/mol. The number of non-ortho nitro benzene ring substituents is 1. The third-order valence-corrected chi connectivity index (χ3v) is 2.91. The smallest absolute Gasteiger partial charge is 0.269 e. The summed E-state index contributed by atoms with van der Waals surface area (Å²) in [5.74, 6) is 0.127. The zero-order valence-corrected chi connectivity index (χ0v) is 11.2. The van der Waals surface area contributed by atoms with Gasteiger partial charge in [-0.3, -0.25) is 14.9 Å². The number of hydrogen-bond acceptors (Lipinski definition) is 5. The van der Waals surface area contributed by atoms with Gasteiger partial charge < -0.3 is 11.1 Å². The third kappa shape index (κ3) is 4.00. The van der Waals surface area contributed by atoms with Crippen molar-refractivity contribution in [2.24, 2.45) is 5.73 Å². The Kier molecular flexibility index (Phi) is 4.45. The largest absolute Gasteiger partial charge is 0.370 e. The van der Waals surface area contributed by atoms with Crippen LogP contribution in [0.4, 0.5) is 11.5 Å². The Hall–Kier alpha value is -2.96. The highest BCUT2D eigenvalue weighted by atomic mass is 16.6. The highest BCUT2D eigenvalue weighted by Crippen LogP contribution is 2.12. The van der Waals surface area contributed by atoms with Gasteiger partial charge in [-0.1, -0.05) is 12.1 Å². The lowest BCUT2D eigenvalue weighted by atomic mass is 10.1. The molecule has 21 heavy (non-hydrogen) atoms.